The highest BCUT2D eigenvalue weighted by Crippen LogP contribution is 2.49. The minimum absolute atomic E-state index is 0.0102. The predicted octanol–water partition coefficient (Wildman–Crippen LogP) is 3.53. The maximum Gasteiger partial charge on any atom is 0.397 e. The summed E-state index contributed by atoms with van der Waals surface area (Å²) < 4.78 is 157. The summed E-state index contributed by atoms with van der Waals surface area (Å²) in [7, 11) is -21.7. The molecule has 32 heteroatoms. The number of benzene rings is 4. The third-order valence-electron chi connectivity index (χ3n) is 7.86. The molecule has 1 amide bonds. The molecule has 4 aromatic rings. The highest BCUT2D eigenvalue weighted by atomic mass is 32.3. The molecule has 0 aliphatic carbocycles. The third kappa shape index (κ3) is 14.1. The summed E-state index contributed by atoms with van der Waals surface area (Å²) in [5, 5.41) is 39.1. The van der Waals surface area contributed by atoms with Gasteiger partial charge in [0.15, 0.2) is 25.4 Å². The first kappa shape index (κ1) is 49.8. The van der Waals surface area contributed by atoms with Crippen LogP contribution >= 0.6 is 12.0 Å². The number of phenols is 1. The standard InChI is InChI=1S/C30H32N6O20S6/c1-36(9-12-58(40,41)13-10-53-61(47,48)49)30(38)18-3-2-4-21(15-18)33-34-27-23(57-56-55-39)16-19-17-24(60(44,45)46)28(26(31)25(19)29(27)37)35-32-20-5-7-22(8-6-20)59(42,43)14-11-54-62(50,51)52/h2-8,15-17,37,39H,9-14,31H2,1H3,(H,44,45,46)(H,47,48,49)(H,50,51,52). The van der Waals surface area contributed by atoms with Crippen LogP contribution in [-0.4, -0.2) is 121 Å². The van der Waals surface area contributed by atoms with Gasteiger partial charge in [0.05, 0.1) is 74.8 Å². The number of aromatic hydroxyl groups is 1. The number of anilines is 1. The summed E-state index contributed by atoms with van der Waals surface area (Å²) in [6.07, 6.45) is 0. The molecule has 0 heterocycles. The van der Waals surface area contributed by atoms with E-state index in [9.17, 15) is 56.5 Å². The number of azo groups is 2. The van der Waals surface area contributed by atoms with Crippen LogP contribution in [0.4, 0.5) is 28.4 Å². The fourth-order valence-corrected chi connectivity index (χ4v) is 9.14. The lowest BCUT2D eigenvalue weighted by atomic mass is 10.1. The number of amides is 1. The van der Waals surface area contributed by atoms with E-state index in [0.717, 1.165) is 41.3 Å². The van der Waals surface area contributed by atoms with Crippen molar-refractivity contribution >= 4 is 108 Å². The van der Waals surface area contributed by atoms with Crippen molar-refractivity contribution < 1.29 is 88.6 Å². The monoisotopic (exact) mass is 988 g/mol. The van der Waals surface area contributed by atoms with E-state index >= 15 is 0 Å². The molecule has 26 nitrogen and oxygen atoms in total. The summed E-state index contributed by atoms with van der Waals surface area (Å²) in [5.41, 5.74) is 4.45. The van der Waals surface area contributed by atoms with Gasteiger partial charge in [0.1, 0.15) is 16.3 Å². The van der Waals surface area contributed by atoms with E-state index < -0.39 is 115 Å². The second-order valence-electron chi connectivity index (χ2n) is 12.1. The highest BCUT2D eigenvalue weighted by molar-refractivity contribution is 7.94. The zero-order valence-electron chi connectivity index (χ0n) is 31.1. The number of hydrogen-bond acceptors (Lipinski definition) is 23. The topological polar surface area (TPSA) is 405 Å². The molecule has 338 valence electrons. The second-order valence-corrected chi connectivity index (χ2v) is 20.9. The highest BCUT2D eigenvalue weighted by Gasteiger charge is 2.26. The summed E-state index contributed by atoms with van der Waals surface area (Å²) in [6.45, 7) is -2.07. The molecule has 0 spiro atoms. The largest absolute Gasteiger partial charge is 0.505 e. The number of nitrogen functional groups attached to an aromatic ring is 1. The molecule has 0 fully saturated rings. The number of fused-ring (bicyclic) bond motifs is 1. The number of rotatable bonds is 21. The van der Waals surface area contributed by atoms with E-state index in [1.54, 1.807) is 0 Å². The smallest absolute Gasteiger partial charge is 0.397 e. The van der Waals surface area contributed by atoms with Crippen molar-refractivity contribution in [2.75, 3.05) is 49.8 Å². The Balaban J connectivity index is 1.67. The molecule has 0 atom stereocenters. The molecule has 0 unspecified atom stereocenters. The average Bonchev–Trinajstić information content (AvgIpc) is 3.16. The number of hydrogen-bond donors (Lipinski definition) is 6. The van der Waals surface area contributed by atoms with Crippen molar-refractivity contribution in [1.82, 2.24) is 4.90 Å². The van der Waals surface area contributed by atoms with Gasteiger partial charge in [0, 0.05) is 19.2 Å². The molecule has 0 aliphatic heterocycles. The summed E-state index contributed by atoms with van der Waals surface area (Å²) in [4.78, 5) is 12.7. The van der Waals surface area contributed by atoms with Crippen LogP contribution in [-0.2, 0) is 68.3 Å². The Morgan fingerprint density at radius 2 is 1.35 bits per heavy atom. The van der Waals surface area contributed by atoms with Crippen LogP contribution in [0.25, 0.3) is 10.8 Å². The summed E-state index contributed by atoms with van der Waals surface area (Å²) in [6, 6.07) is 11.7. The van der Waals surface area contributed by atoms with E-state index in [2.05, 4.69) is 38.2 Å². The first-order valence-electron chi connectivity index (χ1n) is 16.4. The zero-order valence-corrected chi connectivity index (χ0v) is 36.0. The molecule has 0 aliphatic rings. The Labute approximate surface area is 356 Å². The van der Waals surface area contributed by atoms with Crippen molar-refractivity contribution in [2.45, 2.75) is 14.7 Å². The lowest BCUT2D eigenvalue weighted by molar-refractivity contribution is -0.432. The molecular formula is C30H32N6O20S6. The van der Waals surface area contributed by atoms with E-state index in [0.29, 0.717) is 0 Å². The maximum atomic E-state index is 13.1. The van der Waals surface area contributed by atoms with E-state index in [1.807, 2.05) is 0 Å². The van der Waals surface area contributed by atoms with Gasteiger partial charge in [-0.25, -0.2) is 30.5 Å². The number of nitrogens with zero attached hydrogens (tertiary/aromatic N) is 5. The van der Waals surface area contributed by atoms with Gasteiger partial charge in [-0.05, 0) is 60.0 Å². The van der Waals surface area contributed by atoms with Crippen LogP contribution in [0, 0.1) is 0 Å². The molecule has 0 bridgehead atoms. The average molecular weight is 989 g/mol. The SMILES string of the molecule is CN(CCS(=O)(=O)CCOS(=O)(=O)O)C(=O)c1cccc(N=Nc2c(SOOO)cc3cc(S(=O)(=O)O)c(N=Nc4ccc(S(=O)(=O)CCOS(=O)(=O)O)cc4)c(N)c3c2O)c1. The van der Waals surface area contributed by atoms with Crippen molar-refractivity contribution in [2.24, 2.45) is 20.5 Å². The number of phenolic OH excluding ortho intramolecular Hbond substituents is 1. The summed E-state index contributed by atoms with van der Waals surface area (Å²) in [5.74, 6) is -3.68. The van der Waals surface area contributed by atoms with Crippen LogP contribution in [0.2, 0.25) is 0 Å². The molecule has 62 heavy (non-hydrogen) atoms. The van der Waals surface area contributed by atoms with Crippen LogP contribution in [0.15, 0.2) is 95.8 Å². The lowest BCUT2D eigenvalue weighted by Crippen LogP contribution is -2.32. The first-order valence-corrected chi connectivity index (χ1v) is 24.8. The van der Waals surface area contributed by atoms with Gasteiger partial charge in [0.25, 0.3) is 16.0 Å². The van der Waals surface area contributed by atoms with E-state index in [4.69, 9.17) is 20.1 Å². The molecular weight excluding hydrogens is 957 g/mol. The normalized spacial score (nSPS) is 13.0. The van der Waals surface area contributed by atoms with E-state index in [1.165, 1.54) is 31.3 Å². The Kier molecular flexibility index (Phi) is 16.2. The van der Waals surface area contributed by atoms with Gasteiger partial charge >= 0.3 is 20.8 Å². The predicted molar refractivity (Wildman–Crippen MR) is 214 cm³/mol. The van der Waals surface area contributed by atoms with Crippen LogP contribution in [0.5, 0.6) is 5.75 Å². The Morgan fingerprint density at radius 3 is 1.95 bits per heavy atom. The van der Waals surface area contributed by atoms with Gasteiger partial charge in [-0.2, -0.15) is 35.5 Å². The fourth-order valence-electron chi connectivity index (χ4n) is 4.99. The molecule has 0 radical (unpaired) electrons. The first-order chi connectivity index (χ1) is 28.7. The Hall–Kier alpha value is -4.81. The minimum atomic E-state index is -5.14. The van der Waals surface area contributed by atoms with Gasteiger partial charge in [-0.1, -0.05) is 11.1 Å². The maximum absolute atomic E-state index is 13.1. The van der Waals surface area contributed by atoms with Crippen molar-refractivity contribution in [3.05, 3.63) is 66.2 Å². The lowest BCUT2D eigenvalue weighted by Gasteiger charge is -2.17. The number of carbonyl (C=O) groups is 1. The van der Waals surface area contributed by atoms with Crippen LogP contribution in [0.1, 0.15) is 10.4 Å². The van der Waals surface area contributed by atoms with Crippen LogP contribution in [0.3, 0.4) is 0 Å². The molecule has 7 N–H and O–H groups in total. The quantitative estimate of drug-likeness (QED) is 0.0174. The number of nitrogens with two attached hydrogens (primary N) is 1. The number of carbonyl (C=O) groups excluding carboxylic acids is 1. The Bertz CT molecular complexity index is 2970. The molecule has 0 saturated carbocycles. The molecule has 4 rings (SSSR count). The van der Waals surface area contributed by atoms with Crippen LogP contribution < -0.4 is 5.73 Å². The summed E-state index contributed by atoms with van der Waals surface area (Å²) >= 11 is 0.247. The third-order valence-corrected chi connectivity index (χ3v) is 13.6. The molecule has 0 aromatic heterocycles. The van der Waals surface area contributed by atoms with Crippen molar-refractivity contribution in [1.29, 1.82) is 0 Å². The van der Waals surface area contributed by atoms with E-state index in [-0.39, 0.29) is 56.1 Å². The number of sulfone groups is 2. The Morgan fingerprint density at radius 1 is 0.758 bits per heavy atom. The van der Waals surface area contributed by atoms with Gasteiger partial charge in [0.2, 0.25) is 0 Å². The fraction of sp³-hybridized carbons (Fsp3) is 0.233. The molecule has 4 aromatic carbocycles. The van der Waals surface area contributed by atoms with Crippen molar-refractivity contribution in [3.8, 4) is 5.75 Å². The van der Waals surface area contributed by atoms with Crippen molar-refractivity contribution in [3.63, 3.8) is 0 Å². The van der Waals surface area contributed by atoms with Gasteiger partial charge in [-0.3, -0.25) is 18.5 Å². The van der Waals surface area contributed by atoms with Gasteiger partial charge < -0.3 is 15.7 Å². The zero-order chi connectivity index (χ0) is 46.3. The minimum Gasteiger partial charge on any atom is -0.505 e. The van der Waals surface area contributed by atoms with Gasteiger partial charge in [-0.15, -0.1) is 14.6 Å². The second kappa shape index (κ2) is 20.1. The molecule has 0 saturated heterocycles.